The van der Waals surface area contributed by atoms with Gasteiger partial charge in [-0.3, -0.25) is 9.59 Å². The maximum Gasteiger partial charge on any atom is 0.228 e. The van der Waals surface area contributed by atoms with E-state index in [-0.39, 0.29) is 0 Å². The molecule has 0 saturated carbocycles. The monoisotopic (exact) mass is 285 g/mol. The quantitative estimate of drug-likeness (QED) is 0.523. The van der Waals surface area contributed by atoms with Gasteiger partial charge in [-0.25, -0.2) is 0 Å². The number of ether oxygens (including phenoxy) is 1. The van der Waals surface area contributed by atoms with Gasteiger partial charge in [0.2, 0.25) is 5.78 Å². The van der Waals surface area contributed by atoms with Crippen molar-refractivity contribution in [1.82, 2.24) is 0 Å². The Morgan fingerprint density at radius 2 is 2.19 bits per heavy atom. The minimum Gasteiger partial charge on any atom is -0.496 e. The largest absolute Gasteiger partial charge is 0.496 e. The first-order valence-corrected chi connectivity index (χ1v) is 5.40. The van der Waals surface area contributed by atoms with E-state index in [1.807, 2.05) is 6.92 Å². The summed E-state index contributed by atoms with van der Waals surface area (Å²) in [6.07, 6.45) is 0.291. The maximum absolute atomic E-state index is 11.5. The topological polar surface area (TPSA) is 55.4 Å². The van der Waals surface area contributed by atoms with E-state index >= 15 is 0 Å². The number of benzene rings is 1. The number of anilines is 1. The lowest BCUT2D eigenvalue weighted by atomic mass is 10.0. The smallest absolute Gasteiger partial charge is 0.228 e. The van der Waals surface area contributed by atoms with E-state index in [4.69, 9.17) is 4.74 Å². The van der Waals surface area contributed by atoms with E-state index in [1.165, 1.54) is 7.11 Å². The van der Waals surface area contributed by atoms with Crippen molar-refractivity contribution in [3.63, 3.8) is 0 Å². The molecule has 4 nitrogen and oxygen atoms in total. The summed E-state index contributed by atoms with van der Waals surface area (Å²) in [6, 6.07) is 1.79. The Balaban J connectivity index is 3.57. The van der Waals surface area contributed by atoms with E-state index in [1.54, 1.807) is 13.1 Å². The average molecular weight is 286 g/mol. The Labute approximate surface area is 102 Å². The van der Waals surface area contributed by atoms with Crippen molar-refractivity contribution in [3.05, 3.63) is 21.7 Å². The second-order valence-electron chi connectivity index (χ2n) is 3.19. The van der Waals surface area contributed by atoms with Crippen molar-refractivity contribution >= 4 is 33.7 Å². The van der Waals surface area contributed by atoms with Crippen LogP contribution in [0.1, 0.15) is 15.9 Å². The predicted octanol–water partition coefficient (Wildman–Crippen LogP) is 2.19. The minimum atomic E-state index is -0.585. The molecule has 0 bridgehead atoms. The third-order valence-electron chi connectivity index (χ3n) is 2.25. The van der Waals surface area contributed by atoms with Crippen molar-refractivity contribution in [3.8, 4) is 5.75 Å². The fourth-order valence-electron chi connectivity index (χ4n) is 1.52. The van der Waals surface area contributed by atoms with Crippen molar-refractivity contribution < 1.29 is 14.3 Å². The molecule has 0 fully saturated rings. The van der Waals surface area contributed by atoms with Crippen LogP contribution >= 0.6 is 15.9 Å². The number of hydrogen-bond donors (Lipinski definition) is 1. The van der Waals surface area contributed by atoms with Gasteiger partial charge in [0, 0.05) is 12.7 Å². The van der Waals surface area contributed by atoms with Gasteiger partial charge in [-0.05, 0) is 34.5 Å². The molecule has 0 saturated heterocycles. The van der Waals surface area contributed by atoms with Crippen LogP contribution < -0.4 is 10.1 Å². The number of carbonyl (C=O) groups is 2. The number of ketones is 1. The lowest BCUT2D eigenvalue weighted by Gasteiger charge is -2.14. The normalized spacial score (nSPS) is 9.75. The van der Waals surface area contributed by atoms with Gasteiger partial charge in [-0.2, -0.15) is 0 Å². The number of nitrogens with one attached hydrogen (secondary N) is 1. The van der Waals surface area contributed by atoms with Gasteiger partial charge in [0.15, 0.2) is 6.29 Å². The maximum atomic E-state index is 11.5. The summed E-state index contributed by atoms with van der Waals surface area (Å²) in [5.41, 5.74) is 1.77. The molecule has 1 N–H and O–H groups in total. The Kier molecular flexibility index (Phi) is 4.06. The number of methoxy groups -OCH3 is 1. The minimum absolute atomic E-state index is 0.291. The van der Waals surface area contributed by atoms with Crippen LogP contribution in [0, 0.1) is 6.92 Å². The van der Waals surface area contributed by atoms with Gasteiger partial charge in [0.05, 0.1) is 17.1 Å². The Bertz CT molecular complexity index is 443. The second kappa shape index (κ2) is 5.12. The predicted molar refractivity (Wildman–Crippen MR) is 65.4 cm³/mol. The number of halogens is 1. The molecule has 0 aliphatic rings. The summed E-state index contributed by atoms with van der Waals surface area (Å²) in [4.78, 5) is 22.1. The zero-order chi connectivity index (χ0) is 12.3. The molecular formula is C11H12BrNO3. The van der Waals surface area contributed by atoms with Crippen LogP contribution in [0.3, 0.4) is 0 Å². The van der Waals surface area contributed by atoms with Crippen LogP contribution in [0.5, 0.6) is 5.75 Å². The molecule has 1 rings (SSSR count). The van der Waals surface area contributed by atoms with Gasteiger partial charge in [-0.15, -0.1) is 0 Å². The molecule has 0 aliphatic heterocycles. The standard InChI is InChI=1S/C11H12BrNO3/c1-6-4-8(16-3)10(12)9(7(15)5-14)11(6)13-2/h4-5,13H,1-3H3. The van der Waals surface area contributed by atoms with Crippen molar-refractivity contribution in [1.29, 1.82) is 0 Å². The van der Waals surface area contributed by atoms with Crippen LogP contribution in [0.25, 0.3) is 0 Å². The Morgan fingerprint density at radius 3 is 2.62 bits per heavy atom. The summed E-state index contributed by atoms with van der Waals surface area (Å²) >= 11 is 3.26. The average Bonchev–Trinajstić information content (AvgIpc) is 2.29. The van der Waals surface area contributed by atoms with Crippen molar-refractivity contribution in [2.75, 3.05) is 19.5 Å². The van der Waals surface area contributed by atoms with Gasteiger partial charge in [-0.1, -0.05) is 0 Å². The lowest BCUT2D eigenvalue weighted by molar-refractivity contribution is -0.104. The van der Waals surface area contributed by atoms with E-state index in [0.29, 0.717) is 27.8 Å². The Hall–Kier alpha value is -1.36. The molecule has 0 unspecified atom stereocenters. The third-order valence-corrected chi connectivity index (χ3v) is 3.04. The van der Waals surface area contributed by atoms with Gasteiger partial charge >= 0.3 is 0 Å². The molecule has 1 aromatic rings. The number of aldehydes is 1. The molecular weight excluding hydrogens is 274 g/mol. The fourth-order valence-corrected chi connectivity index (χ4v) is 2.19. The molecule has 0 aromatic heterocycles. The lowest BCUT2D eigenvalue weighted by Crippen LogP contribution is -2.08. The molecule has 0 amide bonds. The number of Topliss-reactive ketones (excluding diaryl/α,β-unsaturated/α-hetero) is 1. The molecule has 0 heterocycles. The summed E-state index contributed by atoms with van der Waals surface area (Å²) in [7, 11) is 3.20. The molecule has 86 valence electrons. The van der Waals surface area contributed by atoms with Gasteiger partial charge < -0.3 is 10.1 Å². The highest BCUT2D eigenvalue weighted by molar-refractivity contribution is 9.10. The van der Waals surface area contributed by atoms with Crippen LogP contribution in [0.15, 0.2) is 10.5 Å². The van der Waals surface area contributed by atoms with Crippen molar-refractivity contribution in [2.24, 2.45) is 0 Å². The molecule has 1 aromatic carbocycles. The van der Waals surface area contributed by atoms with Crippen LogP contribution in [0.4, 0.5) is 5.69 Å². The summed E-state index contributed by atoms with van der Waals surface area (Å²) < 4.78 is 5.61. The van der Waals surface area contributed by atoms with Crippen LogP contribution in [0.2, 0.25) is 0 Å². The number of carbonyl (C=O) groups excluding carboxylic acids is 2. The highest BCUT2D eigenvalue weighted by Gasteiger charge is 2.19. The molecule has 0 radical (unpaired) electrons. The van der Waals surface area contributed by atoms with Gasteiger partial charge in [0.1, 0.15) is 5.75 Å². The summed E-state index contributed by atoms with van der Waals surface area (Å²) in [5, 5.41) is 2.91. The SMILES string of the molecule is CNc1c(C)cc(OC)c(Br)c1C(=O)C=O. The molecule has 16 heavy (non-hydrogen) atoms. The van der Waals surface area contributed by atoms with E-state index in [0.717, 1.165) is 5.56 Å². The number of rotatable bonds is 4. The number of aryl methyl sites for hydroxylation is 1. The zero-order valence-corrected chi connectivity index (χ0v) is 10.8. The highest BCUT2D eigenvalue weighted by atomic mass is 79.9. The molecule has 0 aliphatic carbocycles. The fraction of sp³-hybridized carbons (Fsp3) is 0.273. The molecule has 0 atom stereocenters. The summed E-state index contributed by atoms with van der Waals surface area (Å²) in [6.45, 7) is 1.84. The highest BCUT2D eigenvalue weighted by Crippen LogP contribution is 2.36. The Morgan fingerprint density at radius 1 is 1.56 bits per heavy atom. The second-order valence-corrected chi connectivity index (χ2v) is 3.98. The molecule has 5 heteroatoms. The number of hydrogen-bond acceptors (Lipinski definition) is 4. The third kappa shape index (κ3) is 2.09. The van der Waals surface area contributed by atoms with Crippen LogP contribution in [-0.4, -0.2) is 26.2 Å². The van der Waals surface area contributed by atoms with E-state index < -0.39 is 5.78 Å². The first kappa shape index (κ1) is 12.7. The van der Waals surface area contributed by atoms with Crippen LogP contribution in [-0.2, 0) is 4.79 Å². The zero-order valence-electron chi connectivity index (χ0n) is 9.26. The summed E-state index contributed by atoms with van der Waals surface area (Å²) in [5.74, 6) is -0.0556. The molecule has 0 spiro atoms. The first-order valence-electron chi connectivity index (χ1n) is 4.61. The van der Waals surface area contributed by atoms with E-state index in [9.17, 15) is 9.59 Å². The first-order chi connectivity index (χ1) is 7.56. The van der Waals surface area contributed by atoms with Gasteiger partial charge in [0.25, 0.3) is 0 Å². The van der Waals surface area contributed by atoms with Crippen molar-refractivity contribution in [2.45, 2.75) is 6.92 Å². The van der Waals surface area contributed by atoms with E-state index in [2.05, 4.69) is 21.2 Å².